The molecule has 3 heteroatoms. The van der Waals surface area contributed by atoms with Crippen LogP contribution in [0.4, 0.5) is 10.1 Å². The van der Waals surface area contributed by atoms with Crippen molar-refractivity contribution in [3.8, 4) is 0 Å². The molecule has 1 aliphatic rings. The summed E-state index contributed by atoms with van der Waals surface area (Å²) in [7, 11) is 0. The summed E-state index contributed by atoms with van der Waals surface area (Å²) in [6.45, 7) is 2.46. The van der Waals surface area contributed by atoms with Crippen molar-refractivity contribution in [1.82, 2.24) is 0 Å². The second kappa shape index (κ2) is 6.01. The van der Waals surface area contributed by atoms with Crippen LogP contribution in [-0.2, 0) is 0 Å². The number of benzene rings is 1. The molecule has 94 valence electrons. The first-order valence-electron chi connectivity index (χ1n) is 6.51. The van der Waals surface area contributed by atoms with E-state index in [-0.39, 0.29) is 5.82 Å². The lowest BCUT2D eigenvalue weighted by Gasteiger charge is -2.25. The normalized spacial score (nSPS) is 14.9. The first kappa shape index (κ1) is 12.4. The summed E-state index contributed by atoms with van der Waals surface area (Å²) in [5.74, 6) is 0.752. The van der Waals surface area contributed by atoms with Crippen LogP contribution >= 0.6 is 0 Å². The highest BCUT2D eigenvalue weighted by molar-refractivity contribution is 5.47. The molecule has 0 atom stereocenters. The van der Waals surface area contributed by atoms with Crippen LogP contribution in [0.5, 0.6) is 0 Å². The van der Waals surface area contributed by atoms with Gasteiger partial charge in [0.05, 0.1) is 5.69 Å². The zero-order valence-electron chi connectivity index (χ0n) is 10.2. The highest BCUT2D eigenvalue weighted by atomic mass is 19.1. The van der Waals surface area contributed by atoms with Gasteiger partial charge in [-0.15, -0.1) is 0 Å². The number of anilines is 1. The van der Waals surface area contributed by atoms with E-state index in [0.717, 1.165) is 31.1 Å². The van der Waals surface area contributed by atoms with Gasteiger partial charge >= 0.3 is 0 Å². The lowest BCUT2D eigenvalue weighted by Crippen LogP contribution is -2.28. The maximum atomic E-state index is 13.7. The van der Waals surface area contributed by atoms with E-state index in [1.54, 1.807) is 6.07 Å². The Bertz CT molecular complexity index is 350. The monoisotopic (exact) mass is 236 g/mol. The van der Waals surface area contributed by atoms with E-state index in [0.29, 0.717) is 6.54 Å². The lowest BCUT2D eigenvalue weighted by atomic mass is 10.2. The molecule has 0 heterocycles. The van der Waals surface area contributed by atoms with Crippen molar-refractivity contribution in [3.63, 3.8) is 0 Å². The minimum Gasteiger partial charge on any atom is -0.369 e. The maximum absolute atomic E-state index is 13.7. The molecule has 2 nitrogen and oxygen atoms in total. The van der Waals surface area contributed by atoms with Crippen molar-refractivity contribution >= 4 is 5.69 Å². The third-order valence-electron chi connectivity index (χ3n) is 3.33. The number of hydrogen-bond donors (Lipinski definition) is 1. The van der Waals surface area contributed by atoms with Crippen LogP contribution in [0.25, 0.3) is 0 Å². The van der Waals surface area contributed by atoms with Crippen LogP contribution in [0.1, 0.15) is 25.7 Å². The predicted molar refractivity (Wildman–Crippen MR) is 69.6 cm³/mol. The molecule has 1 fully saturated rings. The molecule has 2 N–H and O–H groups in total. The van der Waals surface area contributed by atoms with Crippen LogP contribution in [-0.4, -0.2) is 19.6 Å². The first-order chi connectivity index (χ1) is 8.31. The smallest absolute Gasteiger partial charge is 0.146 e. The van der Waals surface area contributed by atoms with E-state index in [9.17, 15) is 4.39 Å². The summed E-state index contributed by atoms with van der Waals surface area (Å²) in [5.41, 5.74) is 6.26. The minimum absolute atomic E-state index is 0.125. The Morgan fingerprint density at radius 3 is 2.65 bits per heavy atom. The predicted octanol–water partition coefficient (Wildman–Crippen LogP) is 2.78. The van der Waals surface area contributed by atoms with E-state index >= 15 is 0 Å². The Morgan fingerprint density at radius 1 is 1.24 bits per heavy atom. The van der Waals surface area contributed by atoms with Crippen molar-refractivity contribution in [1.29, 1.82) is 0 Å². The summed E-state index contributed by atoms with van der Waals surface area (Å²) in [6.07, 6.45) is 4.79. The summed E-state index contributed by atoms with van der Waals surface area (Å²) in [4.78, 5) is 2.14. The third kappa shape index (κ3) is 3.70. The van der Waals surface area contributed by atoms with Crippen molar-refractivity contribution < 1.29 is 4.39 Å². The van der Waals surface area contributed by atoms with E-state index in [1.807, 2.05) is 12.1 Å². The van der Waals surface area contributed by atoms with Gasteiger partial charge in [-0.2, -0.15) is 0 Å². The SMILES string of the molecule is NCCCN(CCC1CC1)c1ccccc1F. The number of nitrogens with two attached hydrogens (primary N) is 1. The van der Waals surface area contributed by atoms with E-state index in [2.05, 4.69) is 4.90 Å². The van der Waals surface area contributed by atoms with Gasteiger partial charge in [0.1, 0.15) is 5.82 Å². The fourth-order valence-electron chi connectivity index (χ4n) is 2.09. The van der Waals surface area contributed by atoms with Crippen LogP contribution < -0.4 is 10.6 Å². The lowest BCUT2D eigenvalue weighted by molar-refractivity contribution is 0.601. The second-order valence-corrected chi connectivity index (χ2v) is 4.81. The number of halogens is 1. The molecule has 1 aliphatic carbocycles. The molecular formula is C14H21FN2. The molecule has 1 aromatic rings. The first-order valence-corrected chi connectivity index (χ1v) is 6.51. The van der Waals surface area contributed by atoms with Gasteiger partial charge in [-0.25, -0.2) is 4.39 Å². The summed E-state index contributed by atoms with van der Waals surface area (Å²) in [5, 5.41) is 0. The zero-order valence-corrected chi connectivity index (χ0v) is 10.2. The molecule has 0 aliphatic heterocycles. The zero-order chi connectivity index (χ0) is 12.1. The van der Waals surface area contributed by atoms with Gasteiger partial charge < -0.3 is 10.6 Å². The molecule has 0 radical (unpaired) electrons. The van der Waals surface area contributed by atoms with Crippen molar-refractivity contribution in [2.24, 2.45) is 11.7 Å². The Balaban J connectivity index is 1.99. The molecule has 1 saturated carbocycles. The molecule has 0 bridgehead atoms. The number of nitrogens with zero attached hydrogens (tertiary/aromatic N) is 1. The van der Waals surface area contributed by atoms with Crippen LogP contribution in [0.15, 0.2) is 24.3 Å². The second-order valence-electron chi connectivity index (χ2n) is 4.81. The van der Waals surface area contributed by atoms with Crippen LogP contribution in [0.3, 0.4) is 0 Å². The van der Waals surface area contributed by atoms with Crippen molar-refractivity contribution in [2.75, 3.05) is 24.5 Å². The van der Waals surface area contributed by atoms with Gasteiger partial charge in [0.2, 0.25) is 0 Å². The Morgan fingerprint density at radius 2 is 2.00 bits per heavy atom. The summed E-state index contributed by atoms with van der Waals surface area (Å²) >= 11 is 0. The molecule has 0 unspecified atom stereocenters. The minimum atomic E-state index is -0.125. The third-order valence-corrected chi connectivity index (χ3v) is 3.33. The molecule has 17 heavy (non-hydrogen) atoms. The highest BCUT2D eigenvalue weighted by Gasteiger charge is 2.22. The number of rotatable bonds is 7. The Labute approximate surface area is 103 Å². The quantitative estimate of drug-likeness (QED) is 0.788. The van der Waals surface area contributed by atoms with Crippen molar-refractivity contribution in [2.45, 2.75) is 25.7 Å². The Hall–Kier alpha value is -1.09. The molecule has 0 saturated heterocycles. The molecule has 0 amide bonds. The van der Waals surface area contributed by atoms with Gasteiger partial charge in [-0.1, -0.05) is 25.0 Å². The maximum Gasteiger partial charge on any atom is 0.146 e. The molecule has 0 aromatic heterocycles. The van der Waals surface area contributed by atoms with Gasteiger partial charge in [-0.3, -0.25) is 0 Å². The number of para-hydroxylation sites is 1. The standard InChI is InChI=1S/C14H21FN2/c15-13-4-1-2-5-14(13)17(10-3-9-16)11-8-12-6-7-12/h1-2,4-5,12H,3,6-11,16H2. The fraction of sp³-hybridized carbons (Fsp3) is 0.571. The highest BCUT2D eigenvalue weighted by Crippen LogP contribution is 2.33. The topological polar surface area (TPSA) is 29.3 Å². The molecule has 0 spiro atoms. The summed E-state index contributed by atoms with van der Waals surface area (Å²) < 4.78 is 13.7. The number of hydrogen-bond acceptors (Lipinski definition) is 2. The van der Waals surface area contributed by atoms with Gasteiger partial charge in [0, 0.05) is 13.1 Å². The molecule has 2 rings (SSSR count). The van der Waals surface area contributed by atoms with E-state index < -0.39 is 0 Å². The fourth-order valence-corrected chi connectivity index (χ4v) is 2.09. The van der Waals surface area contributed by atoms with Crippen molar-refractivity contribution in [3.05, 3.63) is 30.1 Å². The average Bonchev–Trinajstić information content (AvgIpc) is 3.15. The van der Waals surface area contributed by atoms with Gasteiger partial charge in [-0.05, 0) is 37.4 Å². The Kier molecular flexibility index (Phi) is 4.37. The van der Waals surface area contributed by atoms with E-state index in [1.165, 1.54) is 25.3 Å². The molecular weight excluding hydrogens is 215 g/mol. The van der Waals surface area contributed by atoms with Crippen LogP contribution in [0.2, 0.25) is 0 Å². The van der Waals surface area contributed by atoms with Gasteiger partial charge in [0.15, 0.2) is 0 Å². The molecule has 1 aromatic carbocycles. The average molecular weight is 236 g/mol. The van der Waals surface area contributed by atoms with Crippen LogP contribution in [0, 0.1) is 11.7 Å². The van der Waals surface area contributed by atoms with Gasteiger partial charge in [0.25, 0.3) is 0 Å². The van der Waals surface area contributed by atoms with E-state index in [4.69, 9.17) is 5.73 Å². The summed E-state index contributed by atoms with van der Waals surface area (Å²) in [6, 6.07) is 7.02. The largest absolute Gasteiger partial charge is 0.369 e.